The average molecular weight is 346 g/mol. The molecule has 0 bridgehead atoms. The lowest BCUT2D eigenvalue weighted by Crippen LogP contribution is -2.30. The van der Waals surface area contributed by atoms with Crippen LogP contribution in [0.25, 0.3) is 0 Å². The number of halogens is 5. The van der Waals surface area contributed by atoms with E-state index in [1.54, 1.807) is 6.07 Å². The van der Waals surface area contributed by atoms with Crippen LogP contribution in [0.3, 0.4) is 0 Å². The standard InChI is InChI=1S/C16H12Cl2F3N/c17-14-3-1-2-10-9-22(7-6-12(10)14)11-4-5-15(18)13(8-11)16(19,20)21/h1-5,8H,6-7,9H2. The smallest absolute Gasteiger partial charge is 0.367 e. The summed E-state index contributed by atoms with van der Waals surface area (Å²) in [6.45, 7) is 1.16. The lowest BCUT2D eigenvalue weighted by Gasteiger charge is -2.31. The van der Waals surface area contributed by atoms with Crippen LogP contribution in [0, 0.1) is 0 Å². The maximum absolute atomic E-state index is 13.0. The van der Waals surface area contributed by atoms with Gasteiger partial charge in [-0.05, 0) is 41.8 Å². The summed E-state index contributed by atoms with van der Waals surface area (Å²) in [4.78, 5) is 1.91. The highest BCUT2D eigenvalue weighted by molar-refractivity contribution is 6.31. The van der Waals surface area contributed by atoms with Gasteiger partial charge in [-0.25, -0.2) is 0 Å². The molecule has 0 saturated carbocycles. The normalized spacial score (nSPS) is 14.9. The molecule has 0 atom stereocenters. The Morgan fingerprint density at radius 3 is 2.50 bits per heavy atom. The second kappa shape index (κ2) is 5.67. The Morgan fingerprint density at radius 1 is 1.00 bits per heavy atom. The summed E-state index contributed by atoms with van der Waals surface area (Å²) in [6, 6.07) is 9.67. The molecule has 2 aromatic rings. The van der Waals surface area contributed by atoms with Crippen LogP contribution in [0.15, 0.2) is 36.4 Å². The van der Waals surface area contributed by atoms with Gasteiger partial charge in [0.15, 0.2) is 0 Å². The van der Waals surface area contributed by atoms with Gasteiger partial charge < -0.3 is 4.90 Å². The molecular weight excluding hydrogens is 334 g/mol. The Morgan fingerprint density at radius 2 is 1.77 bits per heavy atom. The third-order valence-electron chi connectivity index (χ3n) is 3.83. The molecule has 3 rings (SSSR count). The van der Waals surface area contributed by atoms with Gasteiger partial charge in [0, 0.05) is 23.8 Å². The molecule has 0 unspecified atom stereocenters. The van der Waals surface area contributed by atoms with Crippen LogP contribution in [-0.4, -0.2) is 6.54 Å². The van der Waals surface area contributed by atoms with Crippen LogP contribution < -0.4 is 4.90 Å². The zero-order valence-electron chi connectivity index (χ0n) is 11.4. The topological polar surface area (TPSA) is 3.24 Å². The van der Waals surface area contributed by atoms with Gasteiger partial charge >= 0.3 is 6.18 Å². The predicted molar refractivity (Wildman–Crippen MR) is 82.7 cm³/mol. The van der Waals surface area contributed by atoms with Crippen molar-refractivity contribution < 1.29 is 13.2 Å². The van der Waals surface area contributed by atoms with Crippen molar-refractivity contribution in [3.05, 3.63) is 63.1 Å². The van der Waals surface area contributed by atoms with E-state index in [1.807, 2.05) is 23.1 Å². The molecule has 22 heavy (non-hydrogen) atoms. The molecule has 0 fully saturated rings. The zero-order valence-corrected chi connectivity index (χ0v) is 12.9. The minimum atomic E-state index is -4.45. The largest absolute Gasteiger partial charge is 0.417 e. The van der Waals surface area contributed by atoms with Gasteiger partial charge in [-0.15, -0.1) is 0 Å². The number of nitrogens with zero attached hydrogens (tertiary/aromatic N) is 1. The summed E-state index contributed by atoms with van der Waals surface area (Å²) in [5, 5.41) is 0.431. The fraction of sp³-hybridized carbons (Fsp3) is 0.250. The Bertz CT molecular complexity index is 713. The third kappa shape index (κ3) is 2.90. The fourth-order valence-electron chi connectivity index (χ4n) is 2.71. The molecule has 1 heterocycles. The second-order valence-corrected chi connectivity index (χ2v) is 6.03. The summed E-state index contributed by atoms with van der Waals surface area (Å²) >= 11 is 11.8. The maximum atomic E-state index is 13.0. The molecular formula is C16H12Cl2F3N. The fourth-order valence-corrected chi connectivity index (χ4v) is 3.22. The molecule has 0 saturated heterocycles. The number of hydrogen-bond acceptors (Lipinski definition) is 1. The van der Waals surface area contributed by atoms with Crippen molar-refractivity contribution in [1.82, 2.24) is 0 Å². The Balaban J connectivity index is 1.94. The van der Waals surface area contributed by atoms with Crippen molar-refractivity contribution in [1.29, 1.82) is 0 Å². The molecule has 1 nitrogen and oxygen atoms in total. The quantitative estimate of drug-likeness (QED) is 0.652. The van der Waals surface area contributed by atoms with E-state index in [4.69, 9.17) is 23.2 Å². The van der Waals surface area contributed by atoms with E-state index in [9.17, 15) is 13.2 Å². The molecule has 2 aromatic carbocycles. The predicted octanol–water partition coefficient (Wildman–Crippen LogP) is 5.57. The monoisotopic (exact) mass is 345 g/mol. The SMILES string of the molecule is FC(F)(F)c1cc(N2CCc3c(Cl)cccc3C2)ccc1Cl. The van der Waals surface area contributed by atoms with E-state index in [1.165, 1.54) is 6.07 Å². The molecule has 0 radical (unpaired) electrons. The highest BCUT2D eigenvalue weighted by atomic mass is 35.5. The summed E-state index contributed by atoms with van der Waals surface area (Å²) in [7, 11) is 0. The average Bonchev–Trinajstić information content (AvgIpc) is 2.46. The van der Waals surface area contributed by atoms with Crippen LogP contribution in [0.4, 0.5) is 18.9 Å². The molecule has 0 aliphatic carbocycles. The summed E-state index contributed by atoms with van der Waals surface area (Å²) in [5.74, 6) is 0. The van der Waals surface area contributed by atoms with E-state index in [0.29, 0.717) is 30.2 Å². The van der Waals surface area contributed by atoms with E-state index in [0.717, 1.165) is 17.2 Å². The van der Waals surface area contributed by atoms with Crippen LogP contribution in [-0.2, 0) is 19.1 Å². The first-order chi connectivity index (χ1) is 10.4. The van der Waals surface area contributed by atoms with Gasteiger partial charge in [0.1, 0.15) is 0 Å². The van der Waals surface area contributed by atoms with Gasteiger partial charge in [-0.3, -0.25) is 0 Å². The number of fused-ring (bicyclic) bond motifs is 1. The number of rotatable bonds is 1. The molecule has 116 valence electrons. The van der Waals surface area contributed by atoms with E-state index in [2.05, 4.69) is 0 Å². The highest BCUT2D eigenvalue weighted by Gasteiger charge is 2.34. The van der Waals surface area contributed by atoms with Crippen molar-refractivity contribution in [2.24, 2.45) is 0 Å². The molecule has 0 aromatic heterocycles. The van der Waals surface area contributed by atoms with Crippen LogP contribution >= 0.6 is 23.2 Å². The summed E-state index contributed by atoms with van der Waals surface area (Å²) in [5.41, 5.74) is 1.83. The maximum Gasteiger partial charge on any atom is 0.417 e. The Hall–Kier alpha value is -1.39. The van der Waals surface area contributed by atoms with Gasteiger partial charge in [0.25, 0.3) is 0 Å². The van der Waals surface area contributed by atoms with Gasteiger partial charge in [-0.2, -0.15) is 13.2 Å². The summed E-state index contributed by atoms with van der Waals surface area (Å²) < 4.78 is 38.9. The molecule has 0 spiro atoms. The Labute approximate surface area is 136 Å². The van der Waals surface area contributed by atoms with E-state index < -0.39 is 11.7 Å². The molecule has 6 heteroatoms. The minimum Gasteiger partial charge on any atom is -0.367 e. The number of alkyl halides is 3. The summed E-state index contributed by atoms with van der Waals surface area (Å²) in [6.07, 6.45) is -3.75. The minimum absolute atomic E-state index is 0.281. The lowest BCUT2D eigenvalue weighted by atomic mass is 9.99. The van der Waals surface area contributed by atoms with Crippen LogP contribution in [0.5, 0.6) is 0 Å². The van der Waals surface area contributed by atoms with Crippen LogP contribution in [0.1, 0.15) is 16.7 Å². The lowest BCUT2D eigenvalue weighted by molar-refractivity contribution is -0.137. The number of anilines is 1. The molecule has 0 amide bonds. The molecule has 0 N–H and O–H groups in total. The first-order valence-corrected chi connectivity index (χ1v) is 7.50. The molecule has 1 aliphatic heterocycles. The second-order valence-electron chi connectivity index (χ2n) is 5.21. The van der Waals surface area contributed by atoms with Crippen LogP contribution in [0.2, 0.25) is 10.0 Å². The van der Waals surface area contributed by atoms with E-state index >= 15 is 0 Å². The van der Waals surface area contributed by atoms with Gasteiger partial charge in [-0.1, -0.05) is 35.3 Å². The van der Waals surface area contributed by atoms with Gasteiger partial charge in [0.2, 0.25) is 0 Å². The Kier molecular flexibility index (Phi) is 4.00. The third-order valence-corrected chi connectivity index (χ3v) is 4.51. The first-order valence-electron chi connectivity index (χ1n) is 6.74. The zero-order chi connectivity index (χ0) is 15.9. The van der Waals surface area contributed by atoms with E-state index in [-0.39, 0.29) is 5.02 Å². The van der Waals surface area contributed by atoms with Crippen molar-refractivity contribution in [3.63, 3.8) is 0 Å². The number of hydrogen-bond donors (Lipinski definition) is 0. The van der Waals surface area contributed by atoms with Crippen molar-refractivity contribution in [3.8, 4) is 0 Å². The van der Waals surface area contributed by atoms with Crippen molar-refractivity contribution in [2.75, 3.05) is 11.4 Å². The van der Waals surface area contributed by atoms with Gasteiger partial charge in [0.05, 0.1) is 10.6 Å². The first kappa shape index (κ1) is 15.5. The van der Waals surface area contributed by atoms with Crippen molar-refractivity contribution >= 4 is 28.9 Å². The van der Waals surface area contributed by atoms with Crippen molar-refractivity contribution in [2.45, 2.75) is 19.1 Å². The molecule has 1 aliphatic rings. The number of benzene rings is 2. The highest BCUT2D eigenvalue weighted by Crippen LogP contribution is 2.38.